The van der Waals surface area contributed by atoms with Gasteiger partial charge in [0.2, 0.25) is 5.91 Å². The normalized spacial score (nSPS) is 22.6. The number of urea groups is 1. The van der Waals surface area contributed by atoms with Gasteiger partial charge in [0, 0.05) is 26.1 Å². The molecule has 0 radical (unpaired) electrons. The van der Waals surface area contributed by atoms with Crippen LogP contribution in [0.25, 0.3) is 0 Å². The first-order valence-electron chi connectivity index (χ1n) is 9.31. The van der Waals surface area contributed by atoms with Gasteiger partial charge < -0.3 is 10.2 Å². The Morgan fingerprint density at radius 2 is 1.77 bits per heavy atom. The molecule has 2 fully saturated rings. The third kappa shape index (κ3) is 3.45. The van der Waals surface area contributed by atoms with E-state index in [4.69, 9.17) is 0 Å². The van der Waals surface area contributed by atoms with Crippen molar-refractivity contribution >= 4 is 17.8 Å². The number of imide groups is 1. The minimum Gasteiger partial charge on any atom is -0.355 e. The van der Waals surface area contributed by atoms with E-state index in [1.165, 1.54) is 23.9 Å². The SMILES string of the molecule is CN1C(=O)C(CC(=O)NCC2(c3ccccc3)CCCCC2)N(C)C1=O. The summed E-state index contributed by atoms with van der Waals surface area (Å²) in [7, 11) is 3.01. The molecular formula is C20H27N3O3. The van der Waals surface area contributed by atoms with Crippen LogP contribution >= 0.6 is 0 Å². The summed E-state index contributed by atoms with van der Waals surface area (Å²) in [6.45, 7) is 0.574. The van der Waals surface area contributed by atoms with Crippen molar-refractivity contribution < 1.29 is 14.4 Å². The summed E-state index contributed by atoms with van der Waals surface area (Å²) in [4.78, 5) is 38.9. The molecule has 1 aromatic rings. The maximum atomic E-state index is 12.5. The van der Waals surface area contributed by atoms with Gasteiger partial charge in [-0.15, -0.1) is 0 Å². The van der Waals surface area contributed by atoms with E-state index in [1.54, 1.807) is 7.05 Å². The van der Waals surface area contributed by atoms with Crippen LogP contribution in [0.5, 0.6) is 0 Å². The second kappa shape index (κ2) is 7.48. The predicted octanol–water partition coefficient (Wildman–Crippen LogP) is 2.29. The average Bonchev–Trinajstić information content (AvgIpc) is 2.86. The van der Waals surface area contributed by atoms with Crippen LogP contribution in [-0.2, 0) is 15.0 Å². The molecular weight excluding hydrogens is 330 g/mol. The molecule has 1 unspecified atom stereocenters. The van der Waals surface area contributed by atoms with Crippen molar-refractivity contribution in [3.63, 3.8) is 0 Å². The molecule has 0 aromatic heterocycles. The highest BCUT2D eigenvalue weighted by Crippen LogP contribution is 2.38. The van der Waals surface area contributed by atoms with Crippen LogP contribution in [0.2, 0.25) is 0 Å². The number of nitrogens with zero attached hydrogens (tertiary/aromatic N) is 2. The molecule has 0 bridgehead atoms. The minimum atomic E-state index is -0.702. The summed E-state index contributed by atoms with van der Waals surface area (Å²) in [6, 6.07) is 9.31. The maximum Gasteiger partial charge on any atom is 0.326 e. The summed E-state index contributed by atoms with van der Waals surface area (Å²) >= 11 is 0. The number of benzene rings is 1. The van der Waals surface area contributed by atoms with Gasteiger partial charge >= 0.3 is 6.03 Å². The van der Waals surface area contributed by atoms with Crippen molar-refractivity contribution in [2.45, 2.75) is 50.0 Å². The lowest BCUT2D eigenvalue weighted by molar-refractivity contribution is -0.131. The Balaban J connectivity index is 1.65. The van der Waals surface area contributed by atoms with Crippen LogP contribution in [0.15, 0.2) is 30.3 Å². The number of likely N-dealkylation sites (N-methyl/N-ethyl adjacent to an activating group) is 2. The molecule has 2 aliphatic rings. The lowest BCUT2D eigenvalue weighted by Gasteiger charge is -2.38. The Labute approximate surface area is 154 Å². The predicted molar refractivity (Wildman–Crippen MR) is 98.5 cm³/mol. The van der Waals surface area contributed by atoms with Crippen LogP contribution in [0.3, 0.4) is 0 Å². The second-order valence-electron chi connectivity index (χ2n) is 7.49. The van der Waals surface area contributed by atoms with Gasteiger partial charge in [-0.05, 0) is 18.4 Å². The molecule has 1 aliphatic carbocycles. The van der Waals surface area contributed by atoms with E-state index in [2.05, 4.69) is 17.4 Å². The first-order valence-corrected chi connectivity index (χ1v) is 9.31. The average molecular weight is 357 g/mol. The molecule has 1 aromatic carbocycles. The molecule has 26 heavy (non-hydrogen) atoms. The van der Waals surface area contributed by atoms with Crippen LogP contribution in [0.4, 0.5) is 4.79 Å². The summed E-state index contributed by atoms with van der Waals surface area (Å²) in [5.41, 5.74) is 1.23. The summed E-state index contributed by atoms with van der Waals surface area (Å²) in [6.07, 6.45) is 5.68. The largest absolute Gasteiger partial charge is 0.355 e. The van der Waals surface area contributed by atoms with E-state index < -0.39 is 6.04 Å². The molecule has 1 N–H and O–H groups in total. The van der Waals surface area contributed by atoms with E-state index in [9.17, 15) is 14.4 Å². The first-order chi connectivity index (χ1) is 12.4. The van der Waals surface area contributed by atoms with Crippen molar-refractivity contribution in [2.24, 2.45) is 0 Å². The van der Waals surface area contributed by atoms with E-state index in [-0.39, 0.29) is 29.7 Å². The van der Waals surface area contributed by atoms with Crippen LogP contribution in [0, 0.1) is 0 Å². The second-order valence-corrected chi connectivity index (χ2v) is 7.49. The van der Waals surface area contributed by atoms with Gasteiger partial charge in [-0.2, -0.15) is 0 Å². The van der Waals surface area contributed by atoms with Crippen molar-refractivity contribution in [2.75, 3.05) is 20.6 Å². The number of carbonyl (C=O) groups is 3. The molecule has 4 amide bonds. The van der Waals surface area contributed by atoms with Gasteiger partial charge in [0.1, 0.15) is 6.04 Å². The number of carbonyl (C=O) groups excluding carboxylic acids is 3. The van der Waals surface area contributed by atoms with E-state index in [1.807, 2.05) is 18.2 Å². The fourth-order valence-electron chi connectivity index (χ4n) is 4.18. The van der Waals surface area contributed by atoms with Crippen molar-refractivity contribution in [1.29, 1.82) is 0 Å². The lowest BCUT2D eigenvalue weighted by Crippen LogP contribution is -2.44. The fourth-order valence-corrected chi connectivity index (χ4v) is 4.18. The quantitative estimate of drug-likeness (QED) is 0.822. The van der Waals surface area contributed by atoms with Crippen molar-refractivity contribution in [3.05, 3.63) is 35.9 Å². The van der Waals surface area contributed by atoms with Crippen molar-refractivity contribution in [3.8, 4) is 0 Å². The fraction of sp³-hybridized carbons (Fsp3) is 0.550. The highest BCUT2D eigenvalue weighted by Gasteiger charge is 2.42. The van der Waals surface area contributed by atoms with Gasteiger partial charge in [-0.3, -0.25) is 14.5 Å². The lowest BCUT2D eigenvalue weighted by atomic mass is 9.69. The van der Waals surface area contributed by atoms with Gasteiger partial charge in [0.25, 0.3) is 5.91 Å². The number of rotatable bonds is 5. The monoisotopic (exact) mass is 357 g/mol. The molecule has 1 aliphatic heterocycles. The highest BCUT2D eigenvalue weighted by molar-refractivity contribution is 6.05. The zero-order valence-corrected chi connectivity index (χ0v) is 15.5. The Bertz CT molecular complexity index is 683. The summed E-state index contributed by atoms with van der Waals surface area (Å²) in [5, 5.41) is 3.04. The van der Waals surface area contributed by atoms with Gasteiger partial charge in [0.15, 0.2) is 0 Å². The standard InChI is InChI=1S/C20H27N3O3/c1-22-16(18(25)23(2)19(22)26)13-17(24)21-14-20(11-7-4-8-12-20)15-9-5-3-6-10-15/h3,5-6,9-10,16H,4,7-8,11-14H2,1-2H3,(H,21,24). The molecule has 1 saturated carbocycles. The smallest absolute Gasteiger partial charge is 0.326 e. The summed E-state index contributed by atoms with van der Waals surface area (Å²) in [5.74, 6) is -0.498. The third-order valence-electron chi connectivity index (χ3n) is 5.87. The molecule has 6 nitrogen and oxygen atoms in total. The highest BCUT2D eigenvalue weighted by atomic mass is 16.2. The molecule has 1 heterocycles. The van der Waals surface area contributed by atoms with Crippen LogP contribution < -0.4 is 5.32 Å². The molecule has 0 spiro atoms. The van der Waals surface area contributed by atoms with Gasteiger partial charge in [0.05, 0.1) is 6.42 Å². The maximum absolute atomic E-state index is 12.5. The van der Waals surface area contributed by atoms with Crippen LogP contribution in [-0.4, -0.2) is 54.3 Å². The Morgan fingerprint density at radius 3 is 2.35 bits per heavy atom. The van der Waals surface area contributed by atoms with Gasteiger partial charge in [-0.25, -0.2) is 4.79 Å². The molecule has 140 valence electrons. The van der Waals surface area contributed by atoms with Crippen LogP contribution in [0.1, 0.15) is 44.1 Å². The molecule has 6 heteroatoms. The van der Waals surface area contributed by atoms with Crippen molar-refractivity contribution in [1.82, 2.24) is 15.1 Å². The minimum absolute atomic E-state index is 0.0102. The zero-order valence-electron chi connectivity index (χ0n) is 15.5. The van der Waals surface area contributed by atoms with Gasteiger partial charge in [-0.1, -0.05) is 49.6 Å². The number of amides is 4. The molecule has 1 saturated heterocycles. The van der Waals surface area contributed by atoms with E-state index in [0.717, 1.165) is 30.6 Å². The third-order valence-corrected chi connectivity index (χ3v) is 5.87. The summed E-state index contributed by atoms with van der Waals surface area (Å²) < 4.78 is 0. The number of hydrogen-bond acceptors (Lipinski definition) is 3. The number of nitrogens with one attached hydrogen (secondary N) is 1. The zero-order chi connectivity index (χ0) is 18.7. The Morgan fingerprint density at radius 1 is 1.12 bits per heavy atom. The first kappa shape index (κ1) is 18.4. The van der Waals surface area contributed by atoms with E-state index >= 15 is 0 Å². The molecule has 1 atom stereocenters. The Hall–Kier alpha value is -2.37. The molecule has 3 rings (SSSR count). The van der Waals surface area contributed by atoms with E-state index in [0.29, 0.717) is 6.54 Å². The number of hydrogen-bond donors (Lipinski definition) is 1. The Kier molecular flexibility index (Phi) is 5.30. The topological polar surface area (TPSA) is 69.7 Å².